The van der Waals surface area contributed by atoms with E-state index in [-0.39, 0.29) is 6.61 Å². The number of carbonyl (C=O) groups is 1. The minimum Gasteiger partial charge on any atom is -0.464 e. The Hall–Kier alpha value is -2.27. The Bertz CT molecular complexity index is 769. The molecule has 0 amide bonds. The van der Waals surface area contributed by atoms with Crippen LogP contribution in [0, 0.1) is 13.8 Å². The van der Waals surface area contributed by atoms with Gasteiger partial charge in [0, 0.05) is 16.3 Å². The number of carbonyl (C=O) groups excluding carboxylic acids is 1. The van der Waals surface area contributed by atoms with Crippen LogP contribution in [-0.2, 0) is 9.53 Å². The van der Waals surface area contributed by atoms with Gasteiger partial charge in [0.15, 0.2) is 6.10 Å². The average Bonchev–Trinajstić information content (AvgIpc) is 2.95. The molecule has 0 aliphatic rings. The van der Waals surface area contributed by atoms with Crippen LogP contribution in [0.15, 0.2) is 27.0 Å². The highest BCUT2D eigenvalue weighted by Gasteiger charge is 2.27. The second kappa shape index (κ2) is 4.93. The molecule has 2 aromatic heterocycles. The Balaban J connectivity index is 2.30. The zero-order chi connectivity index (χ0) is 15.1. The first kappa shape index (κ1) is 13.7. The molecule has 0 aliphatic heterocycles. The summed E-state index contributed by atoms with van der Waals surface area (Å²) in [5.74, 6) is 0.706. The van der Waals surface area contributed by atoms with Gasteiger partial charge in [0.1, 0.15) is 22.7 Å². The molecule has 0 fully saturated rings. The van der Waals surface area contributed by atoms with Crippen LogP contribution in [0.3, 0.4) is 0 Å². The van der Waals surface area contributed by atoms with Crippen molar-refractivity contribution in [2.24, 2.45) is 0 Å². The number of fused-ring (bicyclic) bond motifs is 2. The van der Waals surface area contributed by atoms with Crippen molar-refractivity contribution < 1.29 is 23.5 Å². The van der Waals surface area contributed by atoms with E-state index in [0.717, 1.165) is 5.39 Å². The van der Waals surface area contributed by atoms with Crippen molar-refractivity contribution in [3.8, 4) is 0 Å². The molecule has 5 nitrogen and oxygen atoms in total. The first-order valence-electron chi connectivity index (χ1n) is 6.79. The van der Waals surface area contributed by atoms with Gasteiger partial charge in [-0.15, -0.1) is 0 Å². The van der Waals surface area contributed by atoms with Gasteiger partial charge >= 0.3 is 5.97 Å². The topological polar surface area (TPSA) is 72.8 Å². The number of aliphatic hydroxyl groups excluding tert-OH is 1. The van der Waals surface area contributed by atoms with Crippen LogP contribution in [0.1, 0.15) is 30.1 Å². The molecule has 110 valence electrons. The Morgan fingerprint density at radius 3 is 2.67 bits per heavy atom. The summed E-state index contributed by atoms with van der Waals surface area (Å²) in [5.41, 5.74) is 1.49. The highest BCUT2D eigenvalue weighted by Crippen LogP contribution is 2.36. The van der Waals surface area contributed by atoms with Gasteiger partial charge in [-0.2, -0.15) is 0 Å². The first-order chi connectivity index (χ1) is 10.0. The molecule has 3 aromatic rings. The summed E-state index contributed by atoms with van der Waals surface area (Å²) in [6.07, 6.45) is -1.40. The van der Waals surface area contributed by atoms with Crippen LogP contribution in [0.5, 0.6) is 0 Å². The van der Waals surface area contributed by atoms with Crippen molar-refractivity contribution in [3.05, 3.63) is 35.3 Å². The van der Waals surface area contributed by atoms with Gasteiger partial charge in [-0.1, -0.05) is 0 Å². The molecular weight excluding hydrogens is 272 g/mol. The van der Waals surface area contributed by atoms with Gasteiger partial charge < -0.3 is 18.7 Å². The third-order valence-electron chi connectivity index (χ3n) is 3.37. The fourth-order valence-corrected chi connectivity index (χ4v) is 2.58. The van der Waals surface area contributed by atoms with E-state index in [9.17, 15) is 9.90 Å². The first-order valence-corrected chi connectivity index (χ1v) is 6.79. The van der Waals surface area contributed by atoms with Crippen LogP contribution >= 0.6 is 0 Å². The Morgan fingerprint density at radius 1 is 1.24 bits per heavy atom. The van der Waals surface area contributed by atoms with E-state index in [1.807, 2.05) is 26.0 Å². The van der Waals surface area contributed by atoms with Crippen molar-refractivity contribution >= 4 is 27.9 Å². The molecule has 0 spiro atoms. The summed E-state index contributed by atoms with van der Waals surface area (Å²) >= 11 is 0. The second-order valence-electron chi connectivity index (χ2n) is 4.99. The molecule has 1 aromatic carbocycles. The number of aryl methyl sites for hydroxylation is 2. The molecule has 1 atom stereocenters. The Morgan fingerprint density at radius 2 is 1.95 bits per heavy atom. The van der Waals surface area contributed by atoms with Crippen LogP contribution in [0.4, 0.5) is 0 Å². The average molecular weight is 288 g/mol. The molecule has 2 heterocycles. The zero-order valence-electron chi connectivity index (χ0n) is 12.1. The molecule has 0 saturated carbocycles. The molecular formula is C16H16O5. The summed E-state index contributed by atoms with van der Waals surface area (Å²) in [6, 6.07) is 5.47. The molecule has 0 bridgehead atoms. The number of rotatable bonds is 3. The van der Waals surface area contributed by atoms with Crippen LogP contribution in [0.2, 0.25) is 0 Å². The standard InChI is InChI=1S/C16H16O5/c1-4-19-16(18)14(17)13-11-6-9(3)20-12(11)7-10-5-8(2)21-15(10)13/h5-7,14,17H,4H2,1-3H3. The van der Waals surface area contributed by atoms with Gasteiger partial charge in [0.25, 0.3) is 0 Å². The van der Waals surface area contributed by atoms with Crippen LogP contribution in [-0.4, -0.2) is 17.7 Å². The Labute approximate surface area is 121 Å². The molecule has 0 saturated heterocycles. The molecule has 1 N–H and O–H groups in total. The fourth-order valence-electron chi connectivity index (χ4n) is 2.58. The third kappa shape index (κ3) is 2.19. The molecule has 21 heavy (non-hydrogen) atoms. The number of ether oxygens (including phenoxy) is 1. The number of esters is 1. The monoisotopic (exact) mass is 288 g/mol. The van der Waals surface area contributed by atoms with Crippen molar-refractivity contribution in [1.29, 1.82) is 0 Å². The summed E-state index contributed by atoms with van der Waals surface area (Å²) < 4.78 is 16.2. The second-order valence-corrected chi connectivity index (χ2v) is 4.99. The molecule has 0 radical (unpaired) electrons. The van der Waals surface area contributed by atoms with E-state index in [0.29, 0.717) is 33.6 Å². The van der Waals surface area contributed by atoms with Crippen molar-refractivity contribution in [1.82, 2.24) is 0 Å². The van der Waals surface area contributed by atoms with Gasteiger partial charge in [-0.25, -0.2) is 4.79 Å². The quantitative estimate of drug-likeness (QED) is 0.748. The van der Waals surface area contributed by atoms with E-state index >= 15 is 0 Å². The van der Waals surface area contributed by atoms with Crippen LogP contribution in [0.25, 0.3) is 21.9 Å². The maximum absolute atomic E-state index is 11.9. The highest BCUT2D eigenvalue weighted by molar-refractivity contribution is 6.01. The summed E-state index contributed by atoms with van der Waals surface area (Å²) in [7, 11) is 0. The molecule has 3 rings (SSSR count). The SMILES string of the molecule is CCOC(=O)C(O)c1c2cc(C)oc2cc2cc(C)oc12. The largest absolute Gasteiger partial charge is 0.464 e. The van der Waals surface area contributed by atoms with Gasteiger partial charge in [-0.05, 0) is 39.0 Å². The predicted octanol–water partition coefficient (Wildman–Crippen LogP) is 3.39. The smallest absolute Gasteiger partial charge is 0.339 e. The van der Waals surface area contributed by atoms with Crippen molar-refractivity contribution in [2.45, 2.75) is 26.9 Å². The van der Waals surface area contributed by atoms with E-state index in [2.05, 4.69) is 0 Å². The normalized spacial score (nSPS) is 13.0. The number of benzene rings is 1. The molecule has 0 aliphatic carbocycles. The summed E-state index contributed by atoms with van der Waals surface area (Å²) in [5, 5.41) is 11.8. The molecule has 5 heteroatoms. The van der Waals surface area contributed by atoms with Crippen molar-refractivity contribution in [2.75, 3.05) is 6.61 Å². The fraction of sp³-hybridized carbons (Fsp3) is 0.312. The lowest BCUT2D eigenvalue weighted by molar-refractivity contribution is -0.153. The van der Waals surface area contributed by atoms with Crippen molar-refractivity contribution in [3.63, 3.8) is 0 Å². The van der Waals surface area contributed by atoms with E-state index < -0.39 is 12.1 Å². The number of aliphatic hydroxyl groups is 1. The minimum atomic E-state index is -1.40. The summed E-state index contributed by atoms with van der Waals surface area (Å²) in [6.45, 7) is 5.53. The van der Waals surface area contributed by atoms with E-state index in [4.69, 9.17) is 13.6 Å². The number of hydrogen-bond acceptors (Lipinski definition) is 5. The van der Waals surface area contributed by atoms with Gasteiger partial charge in [-0.3, -0.25) is 0 Å². The van der Waals surface area contributed by atoms with E-state index in [1.165, 1.54) is 0 Å². The maximum Gasteiger partial charge on any atom is 0.339 e. The number of furan rings is 2. The minimum absolute atomic E-state index is 0.205. The van der Waals surface area contributed by atoms with E-state index in [1.54, 1.807) is 13.0 Å². The predicted molar refractivity (Wildman–Crippen MR) is 77.1 cm³/mol. The highest BCUT2D eigenvalue weighted by atomic mass is 16.5. The van der Waals surface area contributed by atoms with Gasteiger partial charge in [0.2, 0.25) is 0 Å². The Kier molecular flexibility index (Phi) is 3.22. The van der Waals surface area contributed by atoms with Gasteiger partial charge in [0.05, 0.1) is 6.61 Å². The lowest BCUT2D eigenvalue weighted by Crippen LogP contribution is -2.15. The third-order valence-corrected chi connectivity index (χ3v) is 3.37. The maximum atomic E-state index is 11.9. The number of hydrogen-bond donors (Lipinski definition) is 1. The van der Waals surface area contributed by atoms with Crippen LogP contribution < -0.4 is 0 Å². The zero-order valence-corrected chi connectivity index (χ0v) is 12.1. The lowest BCUT2D eigenvalue weighted by Gasteiger charge is -2.11. The lowest BCUT2D eigenvalue weighted by atomic mass is 10.0. The molecule has 1 unspecified atom stereocenters. The summed E-state index contributed by atoms with van der Waals surface area (Å²) in [4.78, 5) is 11.9.